The Labute approximate surface area is 121 Å². The van der Waals surface area contributed by atoms with E-state index in [9.17, 15) is 9.18 Å². The van der Waals surface area contributed by atoms with Crippen molar-refractivity contribution in [2.24, 2.45) is 5.92 Å². The molecule has 2 atom stereocenters. The van der Waals surface area contributed by atoms with Gasteiger partial charge in [-0.05, 0) is 50.2 Å². The number of carbonyl (C=O) groups is 1. The first-order chi connectivity index (χ1) is 9.37. The summed E-state index contributed by atoms with van der Waals surface area (Å²) in [5.41, 5.74) is 0.925. The van der Waals surface area contributed by atoms with Crippen LogP contribution in [0.3, 0.4) is 0 Å². The molecule has 0 radical (unpaired) electrons. The lowest BCUT2D eigenvalue weighted by atomic mass is 9.82. The van der Waals surface area contributed by atoms with Crippen LogP contribution in [0.2, 0.25) is 19.6 Å². The van der Waals surface area contributed by atoms with Gasteiger partial charge in [-0.2, -0.15) is 0 Å². The summed E-state index contributed by atoms with van der Waals surface area (Å²) in [5, 5.41) is 0. The highest BCUT2D eigenvalue weighted by molar-refractivity contribution is 6.69. The summed E-state index contributed by atoms with van der Waals surface area (Å²) in [7, 11) is -1.78. The minimum Gasteiger partial charge on any atom is -0.410 e. The normalized spacial score (nSPS) is 21.8. The van der Waals surface area contributed by atoms with Crippen molar-refractivity contribution in [2.45, 2.75) is 51.4 Å². The van der Waals surface area contributed by atoms with Crippen molar-refractivity contribution in [3.63, 3.8) is 0 Å². The van der Waals surface area contributed by atoms with Crippen LogP contribution in [0.15, 0.2) is 24.3 Å². The molecule has 2 nitrogen and oxygen atoms in total. The maximum atomic E-state index is 13.1. The van der Waals surface area contributed by atoms with E-state index < -0.39 is 8.32 Å². The predicted octanol–water partition coefficient (Wildman–Crippen LogP) is 4.48. The molecule has 0 N–H and O–H groups in total. The zero-order chi connectivity index (χ0) is 14.8. The largest absolute Gasteiger partial charge is 0.410 e. The molecule has 20 heavy (non-hydrogen) atoms. The molecular formula is C16H23FO2Si. The van der Waals surface area contributed by atoms with Gasteiger partial charge in [0, 0.05) is 12.3 Å². The highest BCUT2D eigenvalue weighted by Gasteiger charge is 2.34. The smallest absolute Gasteiger partial charge is 0.184 e. The third-order valence-corrected chi connectivity index (χ3v) is 4.61. The molecule has 1 aliphatic carbocycles. The minimum absolute atomic E-state index is 0.0686. The fourth-order valence-electron chi connectivity index (χ4n) is 2.75. The second kappa shape index (κ2) is 6.18. The molecule has 2 unspecified atom stereocenters. The van der Waals surface area contributed by atoms with Gasteiger partial charge in [0.1, 0.15) is 11.6 Å². The second-order valence-electron chi connectivity index (χ2n) is 6.52. The first kappa shape index (κ1) is 15.4. The van der Waals surface area contributed by atoms with Gasteiger partial charge in [-0.25, -0.2) is 4.39 Å². The van der Waals surface area contributed by atoms with E-state index in [0.29, 0.717) is 12.2 Å². The number of hydrogen-bond donors (Lipinski definition) is 0. The van der Waals surface area contributed by atoms with Crippen LogP contribution >= 0.6 is 0 Å². The summed E-state index contributed by atoms with van der Waals surface area (Å²) in [5.74, 6) is -0.0276. The van der Waals surface area contributed by atoms with Gasteiger partial charge in [0.2, 0.25) is 0 Å². The van der Waals surface area contributed by atoms with E-state index in [1.54, 1.807) is 12.1 Å². The molecule has 0 aliphatic heterocycles. The Morgan fingerprint density at radius 1 is 1.20 bits per heavy atom. The molecule has 4 heteroatoms. The Morgan fingerprint density at radius 2 is 1.85 bits per heavy atom. The number of rotatable bonds is 4. The first-order valence-corrected chi connectivity index (χ1v) is 10.7. The Balaban J connectivity index is 2.28. The van der Waals surface area contributed by atoms with Crippen molar-refractivity contribution in [3.8, 4) is 0 Å². The lowest BCUT2D eigenvalue weighted by Crippen LogP contribution is -2.35. The second-order valence-corrected chi connectivity index (χ2v) is 11.0. The number of carbonyl (C=O) groups excluding carboxylic acids is 1. The molecule has 0 aromatic heterocycles. The molecule has 1 fully saturated rings. The van der Waals surface area contributed by atoms with Gasteiger partial charge in [0.25, 0.3) is 0 Å². The third kappa shape index (κ3) is 3.99. The number of halogens is 1. The summed E-state index contributed by atoms with van der Waals surface area (Å²) < 4.78 is 19.4. The monoisotopic (exact) mass is 294 g/mol. The fourth-order valence-corrected chi connectivity index (χ4v) is 3.81. The fraction of sp³-hybridized carbons (Fsp3) is 0.562. The number of benzene rings is 1. The van der Waals surface area contributed by atoms with Crippen molar-refractivity contribution < 1.29 is 13.6 Å². The third-order valence-electron chi connectivity index (χ3n) is 3.65. The summed E-state index contributed by atoms with van der Waals surface area (Å²) in [6.45, 7) is 6.37. The van der Waals surface area contributed by atoms with Crippen LogP contribution in [0.1, 0.15) is 37.4 Å². The number of hydrogen-bond acceptors (Lipinski definition) is 2. The Morgan fingerprint density at radius 3 is 2.40 bits per heavy atom. The standard InChI is InChI=1S/C16H23FO2Si/c1-20(2,3)19-16(12-8-10-13(17)11-9-12)14-6-4-5-7-15(14)18/h8-11,14,16H,4-7H2,1-3H3. The minimum atomic E-state index is -1.78. The Kier molecular flexibility index (Phi) is 4.76. The maximum Gasteiger partial charge on any atom is 0.184 e. The molecule has 0 amide bonds. The molecule has 0 bridgehead atoms. The van der Waals surface area contributed by atoms with Crippen molar-refractivity contribution in [3.05, 3.63) is 35.6 Å². The van der Waals surface area contributed by atoms with Crippen molar-refractivity contribution >= 4 is 14.1 Å². The van der Waals surface area contributed by atoms with Crippen LogP contribution in [-0.4, -0.2) is 14.1 Å². The number of Topliss-reactive ketones (excluding diaryl/α,β-unsaturated/α-hetero) is 1. The maximum absolute atomic E-state index is 13.1. The van der Waals surface area contributed by atoms with Gasteiger partial charge >= 0.3 is 0 Å². The molecule has 1 aromatic rings. The molecule has 0 heterocycles. The van der Waals surface area contributed by atoms with E-state index in [-0.39, 0.29) is 17.8 Å². The van der Waals surface area contributed by atoms with Gasteiger partial charge in [0.05, 0.1) is 6.10 Å². The topological polar surface area (TPSA) is 26.3 Å². The average Bonchev–Trinajstić information content (AvgIpc) is 2.37. The Bertz CT molecular complexity index is 464. The highest BCUT2D eigenvalue weighted by Crippen LogP contribution is 2.36. The molecule has 1 saturated carbocycles. The van der Waals surface area contributed by atoms with Gasteiger partial charge in [-0.1, -0.05) is 18.6 Å². The highest BCUT2D eigenvalue weighted by atomic mass is 28.4. The molecule has 110 valence electrons. The molecule has 0 spiro atoms. The SMILES string of the molecule is C[Si](C)(C)OC(c1ccc(F)cc1)C1CCCCC1=O. The van der Waals surface area contributed by atoms with Gasteiger partial charge in [-0.15, -0.1) is 0 Å². The Hall–Kier alpha value is -1.00. The van der Waals surface area contributed by atoms with Crippen molar-refractivity contribution in [2.75, 3.05) is 0 Å². The number of ketones is 1. The van der Waals surface area contributed by atoms with Crippen LogP contribution in [0.4, 0.5) is 4.39 Å². The molecule has 1 aliphatic rings. The van der Waals surface area contributed by atoms with Crippen LogP contribution < -0.4 is 0 Å². The van der Waals surface area contributed by atoms with Crippen LogP contribution in [0.5, 0.6) is 0 Å². The lowest BCUT2D eigenvalue weighted by molar-refractivity contribution is -0.128. The van der Waals surface area contributed by atoms with E-state index in [1.165, 1.54) is 12.1 Å². The van der Waals surface area contributed by atoms with Crippen LogP contribution in [0, 0.1) is 11.7 Å². The van der Waals surface area contributed by atoms with Crippen molar-refractivity contribution in [1.82, 2.24) is 0 Å². The predicted molar refractivity (Wildman–Crippen MR) is 80.5 cm³/mol. The van der Waals surface area contributed by atoms with E-state index in [4.69, 9.17) is 4.43 Å². The first-order valence-electron chi connectivity index (χ1n) is 7.33. The molecular weight excluding hydrogens is 271 g/mol. The zero-order valence-corrected chi connectivity index (χ0v) is 13.5. The summed E-state index contributed by atoms with van der Waals surface area (Å²) >= 11 is 0. The summed E-state index contributed by atoms with van der Waals surface area (Å²) in [6, 6.07) is 6.40. The molecule has 1 aromatic carbocycles. The molecule has 0 saturated heterocycles. The quantitative estimate of drug-likeness (QED) is 0.765. The van der Waals surface area contributed by atoms with Crippen molar-refractivity contribution in [1.29, 1.82) is 0 Å². The average molecular weight is 294 g/mol. The summed E-state index contributed by atoms with van der Waals surface area (Å²) in [6.07, 6.45) is 3.37. The van der Waals surface area contributed by atoms with Gasteiger partial charge < -0.3 is 4.43 Å². The van der Waals surface area contributed by atoms with E-state index in [1.807, 2.05) is 0 Å². The van der Waals surface area contributed by atoms with E-state index >= 15 is 0 Å². The lowest BCUT2D eigenvalue weighted by Gasteiger charge is -2.34. The summed E-state index contributed by atoms with van der Waals surface area (Å²) in [4.78, 5) is 12.2. The van der Waals surface area contributed by atoms with Crippen LogP contribution in [0.25, 0.3) is 0 Å². The van der Waals surface area contributed by atoms with E-state index in [2.05, 4.69) is 19.6 Å². The zero-order valence-electron chi connectivity index (χ0n) is 12.5. The van der Waals surface area contributed by atoms with E-state index in [0.717, 1.165) is 24.8 Å². The molecule has 2 rings (SSSR count). The van der Waals surface area contributed by atoms with Crippen LogP contribution in [-0.2, 0) is 9.22 Å². The van der Waals surface area contributed by atoms with Gasteiger partial charge in [0.15, 0.2) is 8.32 Å². The van der Waals surface area contributed by atoms with Gasteiger partial charge in [-0.3, -0.25) is 4.79 Å².